The van der Waals surface area contributed by atoms with Gasteiger partial charge in [-0.25, -0.2) is 4.39 Å². The van der Waals surface area contributed by atoms with E-state index in [9.17, 15) is 4.39 Å². The van der Waals surface area contributed by atoms with Crippen LogP contribution in [0.2, 0.25) is 0 Å². The van der Waals surface area contributed by atoms with Gasteiger partial charge >= 0.3 is 0 Å². The van der Waals surface area contributed by atoms with Gasteiger partial charge in [-0.05, 0) is 49.4 Å². The highest BCUT2D eigenvalue weighted by atomic mass is 79.9. The van der Waals surface area contributed by atoms with Crippen molar-refractivity contribution in [1.29, 1.82) is 0 Å². The second kappa shape index (κ2) is 8.14. The van der Waals surface area contributed by atoms with Crippen molar-refractivity contribution in [3.63, 3.8) is 0 Å². The summed E-state index contributed by atoms with van der Waals surface area (Å²) in [6.45, 7) is 3.10. The van der Waals surface area contributed by atoms with Crippen LogP contribution in [0.25, 0.3) is 0 Å². The summed E-state index contributed by atoms with van der Waals surface area (Å²) in [7, 11) is 0. The van der Waals surface area contributed by atoms with Gasteiger partial charge in [0.25, 0.3) is 0 Å². The number of likely N-dealkylation sites (N-methyl/N-ethyl adjacent to an activating group) is 1. The molecule has 0 heterocycles. The Hall–Kier alpha value is -0.410. The molecular formula is C17H25BrFN. The normalized spacial score (nSPS) is 18.8. The zero-order valence-corrected chi connectivity index (χ0v) is 13.9. The summed E-state index contributed by atoms with van der Waals surface area (Å²) in [5.41, 5.74) is 0.836. The van der Waals surface area contributed by atoms with Crippen LogP contribution in [0.1, 0.15) is 51.0 Å². The minimum atomic E-state index is -0.0871. The first-order valence-corrected chi connectivity index (χ1v) is 8.67. The fourth-order valence-electron chi connectivity index (χ4n) is 3.31. The topological polar surface area (TPSA) is 12.0 Å². The summed E-state index contributed by atoms with van der Waals surface area (Å²) in [6, 6.07) is 5.84. The van der Waals surface area contributed by atoms with Crippen LogP contribution in [-0.2, 0) is 6.42 Å². The van der Waals surface area contributed by atoms with Crippen molar-refractivity contribution < 1.29 is 4.39 Å². The summed E-state index contributed by atoms with van der Waals surface area (Å²) in [5.74, 6) is 0.608. The molecule has 1 aliphatic carbocycles. The number of hydrogen-bond donors (Lipinski definition) is 1. The van der Waals surface area contributed by atoms with Crippen LogP contribution in [0.4, 0.5) is 4.39 Å². The molecule has 0 spiro atoms. The lowest BCUT2D eigenvalue weighted by molar-refractivity contribution is 0.319. The number of rotatable bonds is 5. The van der Waals surface area contributed by atoms with Crippen molar-refractivity contribution in [2.45, 2.75) is 57.9 Å². The second-order valence-corrected chi connectivity index (χ2v) is 6.77. The average molecular weight is 342 g/mol. The van der Waals surface area contributed by atoms with E-state index in [4.69, 9.17) is 0 Å². The van der Waals surface area contributed by atoms with Gasteiger partial charge in [0.1, 0.15) is 5.82 Å². The van der Waals surface area contributed by atoms with Gasteiger partial charge in [0.05, 0.1) is 0 Å². The Morgan fingerprint density at radius 2 is 1.95 bits per heavy atom. The van der Waals surface area contributed by atoms with Gasteiger partial charge in [-0.3, -0.25) is 0 Å². The first-order valence-electron chi connectivity index (χ1n) is 7.88. The summed E-state index contributed by atoms with van der Waals surface area (Å²) < 4.78 is 14.9. The first-order chi connectivity index (χ1) is 9.70. The molecule has 0 radical (unpaired) electrons. The molecule has 3 heteroatoms. The van der Waals surface area contributed by atoms with E-state index >= 15 is 0 Å². The number of halogens is 2. The van der Waals surface area contributed by atoms with E-state index in [2.05, 4.69) is 28.2 Å². The van der Waals surface area contributed by atoms with Crippen LogP contribution < -0.4 is 5.32 Å². The van der Waals surface area contributed by atoms with E-state index < -0.39 is 0 Å². The first kappa shape index (κ1) is 16.0. The zero-order chi connectivity index (χ0) is 14.4. The van der Waals surface area contributed by atoms with Gasteiger partial charge in [0.15, 0.2) is 0 Å². The summed E-state index contributed by atoms with van der Waals surface area (Å²) >= 11 is 3.32. The molecular weight excluding hydrogens is 317 g/mol. The quantitative estimate of drug-likeness (QED) is 0.736. The lowest BCUT2D eigenvalue weighted by atomic mass is 9.87. The standard InChI is InChI=1S/C17H25BrFN/c1-2-20-17(13-7-5-3-4-6-8-13)11-14-9-10-15(18)12-16(14)19/h9-10,12-13,17,20H,2-8,11H2,1H3. The molecule has 0 saturated heterocycles. The Balaban J connectivity index is 2.07. The van der Waals surface area contributed by atoms with Crippen LogP contribution in [0.15, 0.2) is 22.7 Å². The molecule has 20 heavy (non-hydrogen) atoms. The van der Waals surface area contributed by atoms with E-state index in [-0.39, 0.29) is 5.82 Å². The molecule has 1 aromatic rings. The van der Waals surface area contributed by atoms with E-state index in [1.54, 1.807) is 6.07 Å². The molecule has 2 rings (SSSR count). The molecule has 1 nitrogen and oxygen atoms in total. The van der Waals surface area contributed by atoms with Crippen LogP contribution in [0.5, 0.6) is 0 Å². The third kappa shape index (κ3) is 4.56. The summed E-state index contributed by atoms with van der Waals surface area (Å²) in [4.78, 5) is 0. The summed E-state index contributed by atoms with van der Waals surface area (Å²) in [5, 5.41) is 3.59. The van der Waals surface area contributed by atoms with E-state index in [1.807, 2.05) is 12.1 Å². The molecule has 1 aromatic carbocycles. The lowest BCUT2D eigenvalue weighted by Crippen LogP contribution is -2.38. The Labute approximate surface area is 130 Å². The Kier molecular flexibility index (Phi) is 6.50. The number of nitrogens with one attached hydrogen (secondary N) is 1. The molecule has 112 valence electrons. The highest BCUT2D eigenvalue weighted by Crippen LogP contribution is 2.28. The maximum atomic E-state index is 14.0. The van der Waals surface area contributed by atoms with Crippen molar-refractivity contribution in [2.24, 2.45) is 5.92 Å². The van der Waals surface area contributed by atoms with Crippen molar-refractivity contribution >= 4 is 15.9 Å². The van der Waals surface area contributed by atoms with Crippen LogP contribution >= 0.6 is 15.9 Å². The number of hydrogen-bond acceptors (Lipinski definition) is 1. The molecule has 0 aromatic heterocycles. The Morgan fingerprint density at radius 1 is 1.25 bits per heavy atom. The van der Waals surface area contributed by atoms with Crippen molar-refractivity contribution in [1.82, 2.24) is 5.32 Å². The highest BCUT2D eigenvalue weighted by Gasteiger charge is 2.23. The SMILES string of the molecule is CCNC(Cc1ccc(Br)cc1F)C1CCCCCC1. The average Bonchev–Trinajstić information content (AvgIpc) is 2.70. The van der Waals surface area contributed by atoms with Gasteiger partial charge < -0.3 is 5.32 Å². The van der Waals surface area contributed by atoms with Gasteiger partial charge in [-0.2, -0.15) is 0 Å². The minimum absolute atomic E-state index is 0.0871. The highest BCUT2D eigenvalue weighted by molar-refractivity contribution is 9.10. The Bertz CT molecular complexity index is 413. The molecule has 0 aliphatic heterocycles. The smallest absolute Gasteiger partial charge is 0.127 e. The van der Waals surface area contributed by atoms with Crippen molar-refractivity contribution in [3.8, 4) is 0 Å². The van der Waals surface area contributed by atoms with Crippen molar-refractivity contribution in [2.75, 3.05) is 6.54 Å². The molecule has 1 N–H and O–H groups in total. The number of benzene rings is 1. The zero-order valence-electron chi connectivity index (χ0n) is 12.3. The van der Waals surface area contributed by atoms with Crippen molar-refractivity contribution in [3.05, 3.63) is 34.1 Å². The van der Waals surface area contributed by atoms with Gasteiger partial charge in [0, 0.05) is 10.5 Å². The predicted octanol–water partition coefficient (Wildman–Crippen LogP) is 5.08. The minimum Gasteiger partial charge on any atom is -0.314 e. The lowest BCUT2D eigenvalue weighted by Gasteiger charge is -2.27. The fraction of sp³-hybridized carbons (Fsp3) is 0.647. The second-order valence-electron chi connectivity index (χ2n) is 5.86. The van der Waals surface area contributed by atoms with Gasteiger partial charge in [-0.15, -0.1) is 0 Å². The van der Waals surface area contributed by atoms with Gasteiger partial charge in [-0.1, -0.05) is 54.6 Å². The Morgan fingerprint density at radius 3 is 2.55 bits per heavy atom. The molecule has 1 saturated carbocycles. The largest absolute Gasteiger partial charge is 0.314 e. The van der Waals surface area contributed by atoms with Crippen LogP contribution in [-0.4, -0.2) is 12.6 Å². The molecule has 1 aliphatic rings. The van der Waals surface area contributed by atoms with E-state index in [1.165, 1.54) is 38.5 Å². The van der Waals surface area contributed by atoms with E-state index in [0.29, 0.717) is 12.0 Å². The molecule has 1 fully saturated rings. The van der Waals surface area contributed by atoms with Crippen LogP contribution in [0.3, 0.4) is 0 Å². The predicted molar refractivity (Wildman–Crippen MR) is 86.5 cm³/mol. The maximum absolute atomic E-state index is 14.0. The molecule has 0 bridgehead atoms. The molecule has 1 atom stereocenters. The molecule has 1 unspecified atom stereocenters. The maximum Gasteiger partial charge on any atom is 0.127 e. The fourth-order valence-corrected chi connectivity index (χ4v) is 3.64. The molecule has 0 amide bonds. The summed E-state index contributed by atoms with van der Waals surface area (Å²) in [6.07, 6.45) is 8.76. The van der Waals surface area contributed by atoms with Crippen LogP contribution in [0, 0.1) is 11.7 Å². The van der Waals surface area contributed by atoms with Gasteiger partial charge in [0.2, 0.25) is 0 Å². The third-order valence-electron chi connectivity index (χ3n) is 4.39. The monoisotopic (exact) mass is 341 g/mol. The third-order valence-corrected chi connectivity index (χ3v) is 4.88. The van der Waals surface area contributed by atoms with E-state index in [0.717, 1.165) is 23.0 Å².